The van der Waals surface area contributed by atoms with Crippen LogP contribution in [0.1, 0.15) is 33.1 Å². The topological polar surface area (TPSA) is 3.24 Å². The van der Waals surface area contributed by atoms with Crippen LogP contribution >= 0.6 is 12.2 Å². The zero-order valence-electron chi connectivity index (χ0n) is 7.47. The van der Waals surface area contributed by atoms with Gasteiger partial charge in [0.2, 0.25) is 0 Å². The highest BCUT2D eigenvalue weighted by Crippen LogP contribution is 2.14. The van der Waals surface area contributed by atoms with Gasteiger partial charge in [0.1, 0.15) is 0 Å². The van der Waals surface area contributed by atoms with E-state index in [1.165, 1.54) is 37.3 Å². The summed E-state index contributed by atoms with van der Waals surface area (Å²) in [6.45, 7) is 6.82. The standard InChI is InChI=1S/C9H17NS/c1-3-8(2)9(11)10-6-4-5-7-10/h8H,3-7H2,1-2H3/t8-/m1/s1. The van der Waals surface area contributed by atoms with Crippen molar-refractivity contribution in [2.75, 3.05) is 13.1 Å². The van der Waals surface area contributed by atoms with Crippen molar-refractivity contribution in [1.82, 2.24) is 4.90 Å². The van der Waals surface area contributed by atoms with Gasteiger partial charge in [0.25, 0.3) is 0 Å². The van der Waals surface area contributed by atoms with Crippen LogP contribution in [0.4, 0.5) is 0 Å². The van der Waals surface area contributed by atoms with E-state index in [1.807, 2.05) is 0 Å². The van der Waals surface area contributed by atoms with Gasteiger partial charge >= 0.3 is 0 Å². The summed E-state index contributed by atoms with van der Waals surface area (Å²) in [5.74, 6) is 0.600. The lowest BCUT2D eigenvalue weighted by atomic mass is 10.1. The van der Waals surface area contributed by atoms with Crippen LogP contribution in [0.25, 0.3) is 0 Å². The summed E-state index contributed by atoms with van der Waals surface area (Å²) >= 11 is 5.36. The monoisotopic (exact) mass is 171 g/mol. The molecule has 0 aromatic carbocycles. The lowest BCUT2D eigenvalue weighted by molar-refractivity contribution is 0.490. The van der Waals surface area contributed by atoms with E-state index in [4.69, 9.17) is 12.2 Å². The fourth-order valence-electron chi connectivity index (χ4n) is 1.42. The van der Waals surface area contributed by atoms with Crippen LogP contribution in [0, 0.1) is 5.92 Å². The molecule has 0 aliphatic carbocycles. The van der Waals surface area contributed by atoms with Gasteiger partial charge in [-0.1, -0.05) is 26.1 Å². The third kappa shape index (κ3) is 2.16. The van der Waals surface area contributed by atoms with Crippen LogP contribution < -0.4 is 0 Å². The number of thiocarbonyl (C=S) groups is 1. The van der Waals surface area contributed by atoms with Crippen LogP contribution in [-0.4, -0.2) is 23.0 Å². The predicted octanol–water partition coefficient (Wildman–Crippen LogP) is 2.46. The molecule has 11 heavy (non-hydrogen) atoms. The lowest BCUT2D eigenvalue weighted by Gasteiger charge is -2.22. The van der Waals surface area contributed by atoms with Crippen molar-refractivity contribution in [3.8, 4) is 0 Å². The quantitative estimate of drug-likeness (QED) is 0.587. The van der Waals surface area contributed by atoms with Crippen molar-refractivity contribution < 1.29 is 0 Å². The summed E-state index contributed by atoms with van der Waals surface area (Å²) in [4.78, 5) is 3.55. The number of hydrogen-bond donors (Lipinski definition) is 0. The minimum absolute atomic E-state index is 0.600. The molecule has 1 aliphatic heterocycles. The van der Waals surface area contributed by atoms with Crippen LogP contribution in [0.3, 0.4) is 0 Å². The average molecular weight is 171 g/mol. The second kappa shape index (κ2) is 4.05. The van der Waals surface area contributed by atoms with Gasteiger partial charge in [-0.15, -0.1) is 0 Å². The fraction of sp³-hybridized carbons (Fsp3) is 0.889. The van der Waals surface area contributed by atoms with E-state index in [-0.39, 0.29) is 0 Å². The van der Waals surface area contributed by atoms with Gasteiger partial charge in [0, 0.05) is 19.0 Å². The summed E-state index contributed by atoms with van der Waals surface area (Å²) in [5.41, 5.74) is 0. The Kier molecular flexibility index (Phi) is 3.31. The Bertz CT molecular complexity index is 138. The summed E-state index contributed by atoms with van der Waals surface area (Å²) < 4.78 is 0. The zero-order chi connectivity index (χ0) is 8.27. The van der Waals surface area contributed by atoms with Gasteiger partial charge in [-0.3, -0.25) is 0 Å². The molecule has 1 rings (SSSR count). The molecule has 1 aliphatic rings. The highest BCUT2D eigenvalue weighted by molar-refractivity contribution is 7.80. The van der Waals surface area contributed by atoms with Gasteiger partial charge in [-0.05, 0) is 19.3 Å². The molecule has 1 heterocycles. The Labute approximate surface area is 74.8 Å². The molecular formula is C9H17NS. The van der Waals surface area contributed by atoms with Crippen LogP contribution in [-0.2, 0) is 0 Å². The van der Waals surface area contributed by atoms with Crippen molar-refractivity contribution in [3.63, 3.8) is 0 Å². The van der Waals surface area contributed by atoms with Crippen LogP contribution in [0.2, 0.25) is 0 Å². The van der Waals surface area contributed by atoms with E-state index in [9.17, 15) is 0 Å². The molecule has 64 valence electrons. The molecule has 0 spiro atoms. The van der Waals surface area contributed by atoms with E-state index >= 15 is 0 Å². The fourth-order valence-corrected chi connectivity index (χ4v) is 1.77. The number of hydrogen-bond acceptors (Lipinski definition) is 1. The minimum Gasteiger partial charge on any atom is -0.366 e. The molecule has 0 saturated carbocycles. The Morgan fingerprint density at radius 2 is 2.00 bits per heavy atom. The van der Waals surface area contributed by atoms with E-state index in [0.29, 0.717) is 5.92 Å². The van der Waals surface area contributed by atoms with E-state index in [1.54, 1.807) is 0 Å². The Morgan fingerprint density at radius 1 is 1.45 bits per heavy atom. The Morgan fingerprint density at radius 3 is 2.45 bits per heavy atom. The lowest BCUT2D eigenvalue weighted by Crippen LogP contribution is -2.30. The first-order valence-corrected chi connectivity index (χ1v) is 4.95. The van der Waals surface area contributed by atoms with Gasteiger partial charge in [-0.2, -0.15) is 0 Å². The maximum absolute atomic E-state index is 5.36. The molecule has 0 N–H and O–H groups in total. The maximum Gasteiger partial charge on any atom is 0.0807 e. The molecular weight excluding hydrogens is 154 g/mol. The smallest absolute Gasteiger partial charge is 0.0807 e. The van der Waals surface area contributed by atoms with Crippen molar-refractivity contribution in [2.45, 2.75) is 33.1 Å². The van der Waals surface area contributed by atoms with Crippen LogP contribution in [0.5, 0.6) is 0 Å². The minimum atomic E-state index is 0.600. The second-order valence-corrected chi connectivity index (χ2v) is 3.76. The SMILES string of the molecule is CC[C@@H](C)C(=S)N1CCCC1. The summed E-state index contributed by atoms with van der Waals surface area (Å²) in [7, 11) is 0. The second-order valence-electron chi connectivity index (χ2n) is 3.34. The van der Waals surface area contributed by atoms with Gasteiger partial charge in [-0.25, -0.2) is 0 Å². The largest absolute Gasteiger partial charge is 0.366 e. The molecule has 0 unspecified atom stereocenters. The van der Waals surface area contributed by atoms with Gasteiger partial charge in [0.15, 0.2) is 0 Å². The number of rotatable bonds is 2. The molecule has 1 fully saturated rings. The Hall–Kier alpha value is -0.110. The first kappa shape index (κ1) is 8.98. The molecule has 2 heteroatoms. The van der Waals surface area contributed by atoms with E-state index < -0.39 is 0 Å². The zero-order valence-corrected chi connectivity index (χ0v) is 8.28. The predicted molar refractivity (Wildman–Crippen MR) is 52.9 cm³/mol. The third-order valence-electron chi connectivity index (χ3n) is 2.45. The van der Waals surface area contributed by atoms with Crippen molar-refractivity contribution in [2.24, 2.45) is 5.92 Å². The van der Waals surface area contributed by atoms with Gasteiger partial charge < -0.3 is 4.90 Å². The summed E-state index contributed by atoms with van der Waals surface area (Å²) in [5, 5.41) is 0. The molecule has 1 nitrogen and oxygen atoms in total. The molecule has 1 atom stereocenters. The third-order valence-corrected chi connectivity index (χ3v) is 3.11. The molecule has 0 aromatic heterocycles. The molecule has 0 bridgehead atoms. The normalized spacial score (nSPS) is 20.4. The molecule has 0 aromatic rings. The highest BCUT2D eigenvalue weighted by Gasteiger charge is 2.17. The van der Waals surface area contributed by atoms with Crippen LogP contribution in [0.15, 0.2) is 0 Å². The summed E-state index contributed by atoms with van der Waals surface area (Å²) in [6.07, 6.45) is 3.84. The maximum atomic E-state index is 5.36. The molecule has 0 radical (unpaired) electrons. The van der Waals surface area contributed by atoms with Gasteiger partial charge in [0.05, 0.1) is 4.99 Å². The number of likely N-dealkylation sites (tertiary alicyclic amines) is 1. The van der Waals surface area contributed by atoms with Crippen molar-refractivity contribution in [3.05, 3.63) is 0 Å². The first-order chi connectivity index (χ1) is 5.25. The molecule has 0 amide bonds. The number of nitrogens with zero attached hydrogens (tertiary/aromatic N) is 1. The van der Waals surface area contributed by atoms with Crippen molar-refractivity contribution >= 4 is 17.2 Å². The first-order valence-electron chi connectivity index (χ1n) is 4.54. The molecule has 1 saturated heterocycles. The highest BCUT2D eigenvalue weighted by atomic mass is 32.1. The van der Waals surface area contributed by atoms with E-state index in [0.717, 1.165) is 0 Å². The average Bonchev–Trinajstić information content (AvgIpc) is 2.53. The Balaban J connectivity index is 2.39. The summed E-state index contributed by atoms with van der Waals surface area (Å²) in [6, 6.07) is 0. The van der Waals surface area contributed by atoms with E-state index in [2.05, 4.69) is 18.7 Å². The van der Waals surface area contributed by atoms with Crippen molar-refractivity contribution in [1.29, 1.82) is 0 Å².